The predicted octanol–water partition coefficient (Wildman–Crippen LogP) is 1.59. The molecular formula is C14H21BrN4O. The molecule has 0 spiro atoms. The molecule has 1 aromatic carbocycles. The van der Waals surface area contributed by atoms with Gasteiger partial charge in [0.2, 0.25) is 5.91 Å². The van der Waals surface area contributed by atoms with E-state index in [9.17, 15) is 4.79 Å². The van der Waals surface area contributed by atoms with E-state index in [1.807, 2.05) is 31.3 Å². The summed E-state index contributed by atoms with van der Waals surface area (Å²) in [4.78, 5) is 17.7. The molecule has 5 nitrogen and oxygen atoms in total. The maximum atomic E-state index is 12.0. The first-order valence-electron chi connectivity index (χ1n) is 6.44. The normalized spacial score (nSPS) is 11.1. The number of carbonyl (C=O) groups is 1. The van der Waals surface area contributed by atoms with E-state index in [1.165, 1.54) is 0 Å². The SMILES string of the molecule is CN=C(NC)NCCC(=O)N(C)Cc1ccccc1Br. The van der Waals surface area contributed by atoms with Crippen molar-refractivity contribution in [2.24, 2.45) is 4.99 Å². The molecule has 0 aliphatic heterocycles. The Morgan fingerprint density at radius 1 is 1.40 bits per heavy atom. The third-order valence-electron chi connectivity index (χ3n) is 2.88. The van der Waals surface area contributed by atoms with E-state index in [0.717, 1.165) is 10.0 Å². The van der Waals surface area contributed by atoms with Gasteiger partial charge in [-0.05, 0) is 11.6 Å². The third kappa shape index (κ3) is 5.21. The number of halogens is 1. The summed E-state index contributed by atoms with van der Waals surface area (Å²) >= 11 is 3.49. The van der Waals surface area contributed by atoms with Gasteiger partial charge >= 0.3 is 0 Å². The van der Waals surface area contributed by atoms with E-state index in [-0.39, 0.29) is 5.91 Å². The second-order valence-corrected chi connectivity index (χ2v) is 5.19. The van der Waals surface area contributed by atoms with Crippen molar-refractivity contribution in [1.29, 1.82) is 0 Å². The van der Waals surface area contributed by atoms with Gasteiger partial charge < -0.3 is 15.5 Å². The molecule has 0 saturated heterocycles. The Hall–Kier alpha value is -1.56. The quantitative estimate of drug-likeness (QED) is 0.632. The van der Waals surface area contributed by atoms with Gasteiger partial charge in [-0.25, -0.2) is 0 Å². The minimum atomic E-state index is 0.0970. The Morgan fingerprint density at radius 2 is 2.10 bits per heavy atom. The van der Waals surface area contributed by atoms with Crippen LogP contribution in [0, 0.1) is 0 Å². The molecule has 20 heavy (non-hydrogen) atoms. The summed E-state index contributed by atoms with van der Waals surface area (Å²) in [5, 5.41) is 5.97. The fraction of sp³-hybridized carbons (Fsp3) is 0.429. The molecule has 0 aliphatic rings. The number of rotatable bonds is 5. The summed E-state index contributed by atoms with van der Waals surface area (Å²) in [5.41, 5.74) is 1.10. The van der Waals surface area contributed by atoms with Gasteiger partial charge in [-0.2, -0.15) is 0 Å². The van der Waals surface area contributed by atoms with Crippen molar-refractivity contribution in [3.8, 4) is 0 Å². The molecule has 0 bridgehead atoms. The molecule has 0 heterocycles. The molecule has 2 N–H and O–H groups in total. The zero-order chi connectivity index (χ0) is 15.0. The molecule has 0 atom stereocenters. The van der Waals surface area contributed by atoms with E-state index in [1.54, 1.807) is 19.0 Å². The predicted molar refractivity (Wildman–Crippen MR) is 85.7 cm³/mol. The van der Waals surface area contributed by atoms with Gasteiger partial charge in [0.05, 0.1) is 0 Å². The van der Waals surface area contributed by atoms with Crippen molar-refractivity contribution >= 4 is 27.8 Å². The van der Waals surface area contributed by atoms with E-state index < -0.39 is 0 Å². The third-order valence-corrected chi connectivity index (χ3v) is 3.66. The molecule has 1 rings (SSSR count). The van der Waals surface area contributed by atoms with Crippen LogP contribution in [0.2, 0.25) is 0 Å². The lowest BCUT2D eigenvalue weighted by Crippen LogP contribution is -2.37. The van der Waals surface area contributed by atoms with Crippen LogP contribution in [0.5, 0.6) is 0 Å². The topological polar surface area (TPSA) is 56.7 Å². The maximum absolute atomic E-state index is 12.0. The van der Waals surface area contributed by atoms with Gasteiger partial charge in [-0.3, -0.25) is 9.79 Å². The first-order chi connectivity index (χ1) is 9.58. The highest BCUT2D eigenvalue weighted by atomic mass is 79.9. The highest BCUT2D eigenvalue weighted by Gasteiger charge is 2.10. The van der Waals surface area contributed by atoms with Crippen molar-refractivity contribution in [2.75, 3.05) is 27.7 Å². The fourth-order valence-corrected chi connectivity index (χ4v) is 2.14. The summed E-state index contributed by atoms with van der Waals surface area (Å²) in [6.45, 7) is 1.16. The lowest BCUT2D eigenvalue weighted by molar-refractivity contribution is -0.130. The van der Waals surface area contributed by atoms with Crippen LogP contribution in [-0.4, -0.2) is 44.5 Å². The van der Waals surface area contributed by atoms with Crippen LogP contribution < -0.4 is 10.6 Å². The molecule has 0 unspecified atom stereocenters. The Bertz CT molecular complexity index is 476. The minimum absolute atomic E-state index is 0.0970. The molecule has 0 aliphatic carbocycles. The largest absolute Gasteiger partial charge is 0.359 e. The number of nitrogens with zero attached hydrogens (tertiary/aromatic N) is 2. The zero-order valence-corrected chi connectivity index (χ0v) is 13.7. The highest BCUT2D eigenvalue weighted by Crippen LogP contribution is 2.17. The van der Waals surface area contributed by atoms with Crippen molar-refractivity contribution in [1.82, 2.24) is 15.5 Å². The number of hydrogen-bond donors (Lipinski definition) is 2. The Labute approximate surface area is 128 Å². The molecule has 110 valence electrons. The molecule has 0 fully saturated rings. The van der Waals surface area contributed by atoms with Gasteiger partial charge in [0.15, 0.2) is 5.96 Å². The number of hydrogen-bond acceptors (Lipinski definition) is 2. The summed E-state index contributed by atoms with van der Waals surface area (Å²) in [6, 6.07) is 7.92. The van der Waals surface area contributed by atoms with E-state index >= 15 is 0 Å². The molecular weight excluding hydrogens is 320 g/mol. The highest BCUT2D eigenvalue weighted by molar-refractivity contribution is 9.10. The number of aliphatic imine (C=N–C) groups is 1. The molecule has 0 radical (unpaired) electrons. The summed E-state index contributed by atoms with van der Waals surface area (Å²) in [7, 11) is 5.30. The van der Waals surface area contributed by atoms with Crippen LogP contribution in [0.15, 0.2) is 33.7 Å². The molecule has 0 saturated carbocycles. The smallest absolute Gasteiger partial charge is 0.224 e. The maximum Gasteiger partial charge on any atom is 0.224 e. The van der Waals surface area contributed by atoms with Crippen LogP contribution in [0.1, 0.15) is 12.0 Å². The Balaban J connectivity index is 2.42. The summed E-state index contributed by atoms with van der Waals surface area (Å²) in [6.07, 6.45) is 0.432. The Morgan fingerprint density at radius 3 is 2.70 bits per heavy atom. The average molecular weight is 341 g/mol. The van der Waals surface area contributed by atoms with Crippen LogP contribution in [0.3, 0.4) is 0 Å². The first-order valence-corrected chi connectivity index (χ1v) is 7.23. The van der Waals surface area contributed by atoms with Crippen LogP contribution >= 0.6 is 15.9 Å². The van der Waals surface area contributed by atoms with Gasteiger partial charge in [0.25, 0.3) is 0 Å². The lowest BCUT2D eigenvalue weighted by atomic mass is 10.2. The van der Waals surface area contributed by atoms with Crippen LogP contribution in [0.4, 0.5) is 0 Å². The number of nitrogens with one attached hydrogen (secondary N) is 2. The van der Waals surface area contributed by atoms with Crippen molar-refractivity contribution in [3.63, 3.8) is 0 Å². The van der Waals surface area contributed by atoms with Crippen molar-refractivity contribution in [2.45, 2.75) is 13.0 Å². The average Bonchev–Trinajstić information content (AvgIpc) is 2.45. The van der Waals surface area contributed by atoms with E-state index in [4.69, 9.17) is 0 Å². The fourth-order valence-electron chi connectivity index (χ4n) is 1.73. The number of guanidine groups is 1. The number of amides is 1. The van der Waals surface area contributed by atoms with E-state index in [0.29, 0.717) is 25.5 Å². The molecule has 1 amide bonds. The monoisotopic (exact) mass is 340 g/mol. The molecule has 0 aromatic heterocycles. The number of carbonyl (C=O) groups excluding carboxylic acids is 1. The zero-order valence-electron chi connectivity index (χ0n) is 12.1. The second-order valence-electron chi connectivity index (χ2n) is 4.34. The lowest BCUT2D eigenvalue weighted by Gasteiger charge is -2.18. The minimum Gasteiger partial charge on any atom is -0.359 e. The van der Waals surface area contributed by atoms with Gasteiger partial charge in [-0.1, -0.05) is 34.1 Å². The summed E-state index contributed by atoms with van der Waals surface area (Å²) in [5.74, 6) is 0.783. The molecule has 6 heteroatoms. The van der Waals surface area contributed by atoms with Gasteiger partial charge in [0, 0.05) is 45.1 Å². The standard InChI is InChI=1S/C14H21BrN4O/c1-16-14(17-2)18-9-8-13(20)19(3)10-11-6-4-5-7-12(11)15/h4-7H,8-10H2,1-3H3,(H2,16,17,18). The molecule has 1 aromatic rings. The second kappa shape index (κ2) is 8.58. The number of benzene rings is 1. The van der Waals surface area contributed by atoms with Gasteiger partial charge in [0.1, 0.15) is 0 Å². The van der Waals surface area contributed by atoms with E-state index in [2.05, 4.69) is 31.6 Å². The van der Waals surface area contributed by atoms with Crippen LogP contribution in [-0.2, 0) is 11.3 Å². The first kappa shape index (κ1) is 16.5. The van der Waals surface area contributed by atoms with Gasteiger partial charge in [-0.15, -0.1) is 0 Å². The van der Waals surface area contributed by atoms with Crippen molar-refractivity contribution < 1.29 is 4.79 Å². The summed E-state index contributed by atoms with van der Waals surface area (Å²) < 4.78 is 1.02. The van der Waals surface area contributed by atoms with Crippen molar-refractivity contribution in [3.05, 3.63) is 34.3 Å². The Kier molecular flexibility index (Phi) is 7.08. The van der Waals surface area contributed by atoms with Crippen LogP contribution in [0.25, 0.3) is 0 Å².